The first kappa shape index (κ1) is 18.5. The average molecular weight is 389 g/mol. The van der Waals surface area contributed by atoms with Gasteiger partial charge < -0.3 is 0 Å². The summed E-state index contributed by atoms with van der Waals surface area (Å²) in [5.41, 5.74) is 1.91. The summed E-state index contributed by atoms with van der Waals surface area (Å²) in [7, 11) is -0.275. The molecule has 1 heterocycles. The highest BCUT2D eigenvalue weighted by Gasteiger charge is 2.64. The lowest BCUT2D eigenvalue weighted by atomic mass is 9.70. The van der Waals surface area contributed by atoms with Gasteiger partial charge in [-0.3, -0.25) is 0 Å². The predicted molar refractivity (Wildman–Crippen MR) is 102 cm³/mol. The van der Waals surface area contributed by atoms with E-state index in [2.05, 4.69) is 24.0 Å². The zero-order valence-electron chi connectivity index (χ0n) is 16.0. The van der Waals surface area contributed by atoms with Crippen LogP contribution in [0.4, 0.5) is 4.39 Å². The van der Waals surface area contributed by atoms with Gasteiger partial charge in [-0.25, -0.2) is 17.1 Å². The molecule has 2 bridgehead atoms. The zero-order chi connectivity index (χ0) is 19.6. The van der Waals surface area contributed by atoms with Gasteiger partial charge in [0.2, 0.25) is 10.0 Å². The number of rotatable bonds is 4. The third-order valence-electron chi connectivity index (χ3n) is 6.75. The molecule has 4 rings (SSSR count). The summed E-state index contributed by atoms with van der Waals surface area (Å²) in [6.07, 6.45) is 1.68. The number of benzene rings is 1. The summed E-state index contributed by atoms with van der Waals surface area (Å²) in [4.78, 5) is 0. The molecule has 2 aromatic rings. The van der Waals surface area contributed by atoms with Gasteiger partial charge in [0.05, 0.1) is 17.1 Å². The van der Waals surface area contributed by atoms with Crippen LogP contribution in [0.3, 0.4) is 0 Å². The fraction of sp³-hybridized carbons (Fsp3) is 0.500. The molecular weight excluding hydrogens is 365 g/mol. The highest BCUT2D eigenvalue weighted by Crippen LogP contribution is 2.67. The number of hydrogen-bond acceptors (Lipinski definition) is 4. The molecule has 2 atom stereocenters. The van der Waals surface area contributed by atoms with Crippen LogP contribution in [0.5, 0.6) is 0 Å². The minimum atomic E-state index is -3.40. The van der Waals surface area contributed by atoms with E-state index < -0.39 is 15.4 Å². The van der Waals surface area contributed by atoms with E-state index in [0.717, 1.165) is 24.1 Å². The van der Waals surface area contributed by atoms with Gasteiger partial charge in [0.25, 0.3) is 0 Å². The molecule has 1 aromatic heterocycles. The smallest absolute Gasteiger partial charge is 0.212 e. The van der Waals surface area contributed by atoms with Crippen LogP contribution in [0.1, 0.15) is 43.9 Å². The molecular formula is C20H24FN3O2S. The maximum Gasteiger partial charge on any atom is 0.214 e. The van der Waals surface area contributed by atoms with Crippen LogP contribution < -0.4 is 0 Å². The van der Waals surface area contributed by atoms with Crippen molar-refractivity contribution in [1.82, 2.24) is 14.5 Å². The third-order valence-corrected chi connectivity index (χ3v) is 8.72. The molecule has 1 saturated carbocycles. The Morgan fingerprint density at radius 1 is 1.22 bits per heavy atom. The van der Waals surface area contributed by atoms with Crippen molar-refractivity contribution in [2.75, 3.05) is 19.8 Å². The first-order valence-electron chi connectivity index (χ1n) is 9.13. The Balaban J connectivity index is 1.86. The van der Waals surface area contributed by atoms with Crippen molar-refractivity contribution < 1.29 is 12.8 Å². The molecule has 2 aliphatic carbocycles. The number of fused-ring (bicyclic) bond motifs is 5. The van der Waals surface area contributed by atoms with Crippen molar-refractivity contribution in [3.63, 3.8) is 0 Å². The maximum atomic E-state index is 14.2. The van der Waals surface area contributed by atoms with Crippen molar-refractivity contribution in [1.29, 1.82) is 0 Å². The second-order valence-electron chi connectivity index (χ2n) is 8.45. The van der Waals surface area contributed by atoms with Crippen LogP contribution in [-0.4, -0.2) is 42.8 Å². The standard InChI is InChI=1S/C20H24FN3O2S/c1-19(2)15-9-10-20(19,12-27(25,26)24(3)4)18-14(15)11-17(22-23-18)13-7-5-6-8-16(13)21/h5-8,11,15H,9-10,12H2,1-4H3/t15-,20-/m0/s1. The summed E-state index contributed by atoms with van der Waals surface area (Å²) in [5, 5.41) is 8.76. The zero-order valence-corrected chi connectivity index (χ0v) is 16.8. The maximum absolute atomic E-state index is 14.2. The van der Waals surface area contributed by atoms with Crippen LogP contribution in [0.15, 0.2) is 30.3 Å². The Kier molecular flexibility index (Phi) is 3.99. The fourth-order valence-electron chi connectivity index (χ4n) is 4.99. The highest BCUT2D eigenvalue weighted by atomic mass is 32.2. The molecule has 1 aromatic carbocycles. The van der Waals surface area contributed by atoms with Gasteiger partial charge in [0, 0.05) is 25.1 Å². The number of sulfonamides is 1. The molecule has 0 radical (unpaired) electrons. The van der Waals surface area contributed by atoms with Crippen molar-refractivity contribution in [3.8, 4) is 11.3 Å². The Bertz CT molecular complexity index is 1020. The molecule has 1 fully saturated rings. The Labute approximate surface area is 159 Å². The monoisotopic (exact) mass is 389 g/mol. The van der Waals surface area contributed by atoms with E-state index in [9.17, 15) is 12.8 Å². The quantitative estimate of drug-likeness (QED) is 0.805. The molecule has 5 nitrogen and oxygen atoms in total. The average Bonchev–Trinajstić information content (AvgIpc) is 2.95. The molecule has 0 aliphatic heterocycles. The van der Waals surface area contributed by atoms with Crippen molar-refractivity contribution in [3.05, 3.63) is 47.4 Å². The largest absolute Gasteiger partial charge is 0.214 e. The Morgan fingerprint density at radius 2 is 1.93 bits per heavy atom. The van der Waals surface area contributed by atoms with E-state index in [0.29, 0.717) is 11.3 Å². The van der Waals surface area contributed by atoms with Crippen molar-refractivity contribution in [2.24, 2.45) is 5.41 Å². The van der Waals surface area contributed by atoms with Gasteiger partial charge in [-0.15, -0.1) is 0 Å². The van der Waals surface area contributed by atoms with E-state index in [4.69, 9.17) is 0 Å². The lowest BCUT2D eigenvalue weighted by Gasteiger charge is -2.38. The molecule has 27 heavy (non-hydrogen) atoms. The molecule has 0 amide bonds. The van der Waals surface area contributed by atoms with Crippen LogP contribution in [0.2, 0.25) is 0 Å². The molecule has 144 valence electrons. The minimum Gasteiger partial charge on any atom is -0.212 e. The van der Waals surface area contributed by atoms with Crippen LogP contribution >= 0.6 is 0 Å². The van der Waals surface area contributed by atoms with Crippen molar-refractivity contribution >= 4 is 10.0 Å². The summed E-state index contributed by atoms with van der Waals surface area (Å²) < 4.78 is 40.9. The van der Waals surface area contributed by atoms with E-state index in [-0.39, 0.29) is 22.9 Å². The molecule has 0 saturated heterocycles. The molecule has 2 aliphatic rings. The predicted octanol–water partition coefficient (Wildman–Crippen LogP) is 3.33. The number of hydrogen-bond donors (Lipinski definition) is 0. The van der Waals surface area contributed by atoms with Gasteiger partial charge >= 0.3 is 0 Å². The number of nitrogens with zero attached hydrogens (tertiary/aromatic N) is 3. The summed E-state index contributed by atoms with van der Waals surface area (Å²) >= 11 is 0. The van der Waals surface area contributed by atoms with Gasteiger partial charge in [0.15, 0.2) is 0 Å². The third kappa shape index (κ3) is 2.48. The molecule has 7 heteroatoms. The van der Waals surface area contributed by atoms with Gasteiger partial charge in [-0.1, -0.05) is 26.0 Å². The van der Waals surface area contributed by atoms with Crippen LogP contribution in [0, 0.1) is 11.2 Å². The van der Waals surface area contributed by atoms with Crippen LogP contribution in [0.25, 0.3) is 11.3 Å². The second kappa shape index (κ2) is 5.82. The Hall–Kier alpha value is -1.86. The van der Waals surface area contributed by atoms with E-state index in [1.807, 2.05) is 6.07 Å². The SMILES string of the molecule is CN(C)S(=O)(=O)C[C@@]12CC[C@@H](c3cc(-c4ccccc4F)nnc31)C2(C)C. The van der Waals surface area contributed by atoms with E-state index in [1.54, 1.807) is 32.3 Å². The minimum absolute atomic E-state index is 0.0250. The van der Waals surface area contributed by atoms with E-state index in [1.165, 1.54) is 10.4 Å². The normalized spacial score (nSPS) is 25.8. The molecule has 0 N–H and O–H groups in total. The van der Waals surface area contributed by atoms with Gasteiger partial charge in [0.1, 0.15) is 5.82 Å². The topological polar surface area (TPSA) is 63.2 Å². The Morgan fingerprint density at radius 3 is 2.59 bits per heavy atom. The lowest BCUT2D eigenvalue weighted by molar-refractivity contribution is 0.227. The second-order valence-corrected chi connectivity index (χ2v) is 10.6. The number of halogens is 1. The van der Waals surface area contributed by atoms with Crippen LogP contribution in [-0.2, 0) is 15.4 Å². The van der Waals surface area contributed by atoms with Crippen molar-refractivity contribution in [2.45, 2.75) is 38.0 Å². The first-order valence-corrected chi connectivity index (χ1v) is 10.7. The highest BCUT2D eigenvalue weighted by molar-refractivity contribution is 7.89. The molecule has 0 spiro atoms. The van der Waals surface area contributed by atoms with E-state index >= 15 is 0 Å². The summed E-state index contributed by atoms with van der Waals surface area (Å²) in [6.45, 7) is 4.25. The molecule has 0 unspecified atom stereocenters. The lowest BCUT2D eigenvalue weighted by Crippen LogP contribution is -2.45. The first-order chi connectivity index (χ1) is 12.6. The number of aromatic nitrogens is 2. The van der Waals surface area contributed by atoms with Gasteiger partial charge in [-0.05, 0) is 47.9 Å². The fourth-order valence-corrected chi connectivity index (χ4v) is 6.52. The summed E-state index contributed by atoms with van der Waals surface area (Å²) in [6, 6.07) is 8.43. The summed E-state index contributed by atoms with van der Waals surface area (Å²) in [5.74, 6) is -0.109. The van der Waals surface area contributed by atoms with Gasteiger partial charge in [-0.2, -0.15) is 10.2 Å².